The minimum atomic E-state index is -0.626. The second kappa shape index (κ2) is 5.84. The lowest BCUT2D eigenvalue weighted by atomic mass is 10.1. The maximum atomic E-state index is 9.90. The van der Waals surface area contributed by atoms with E-state index in [0.717, 1.165) is 17.3 Å². The number of aromatic nitrogens is 1. The van der Waals surface area contributed by atoms with Crippen LogP contribution in [0.25, 0.3) is 0 Å². The molecule has 0 aliphatic rings. The molecule has 86 valence electrons. The van der Waals surface area contributed by atoms with Gasteiger partial charge in [-0.05, 0) is 20.1 Å². The highest BCUT2D eigenvalue weighted by Crippen LogP contribution is 2.12. The first-order valence-electron chi connectivity index (χ1n) is 4.87. The van der Waals surface area contributed by atoms with E-state index >= 15 is 0 Å². The van der Waals surface area contributed by atoms with Gasteiger partial charge >= 0.3 is 0 Å². The third-order valence-electron chi connectivity index (χ3n) is 1.93. The molecule has 1 aromatic rings. The van der Waals surface area contributed by atoms with Crippen molar-refractivity contribution in [3.63, 3.8) is 0 Å². The third kappa shape index (κ3) is 4.97. The minimum absolute atomic E-state index is 0.616. The predicted octanol–water partition coefficient (Wildman–Crippen LogP) is 1.66. The molecule has 2 N–H and O–H groups in total. The van der Waals surface area contributed by atoms with Crippen molar-refractivity contribution in [2.24, 2.45) is 0 Å². The molecule has 3 nitrogen and oxygen atoms in total. The summed E-state index contributed by atoms with van der Waals surface area (Å²) in [7, 11) is 0. The van der Waals surface area contributed by atoms with Crippen molar-refractivity contribution in [2.75, 3.05) is 18.6 Å². The van der Waals surface area contributed by atoms with Gasteiger partial charge in [0.1, 0.15) is 0 Å². The molecule has 0 saturated carbocycles. The van der Waals surface area contributed by atoms with Crippen LogP contribution in [0.3, 0.4) is 0 Å². The van der Waals surface area contributed by atoms with E-state index in [9.17, 15) is 5.11 Å². The average molecular weight is 246 g/mol. The zero-order valence-electron chi connectivity index (χ0n) is 9.41. The Kier molecular flexibility index (Phi) is 5.05. The molecule has 0 fully saturated rings. The van der Waals surface area contributed by atoms with Crippen LogP contribution >= 0.6 is 23.1 Å². The Morgan fingerprint density at radius 3 is 2.93 bits per heavy atom. The molecule has 5 heteroatoms. The summed E-state index contributed by atoms with van der Waals surface area (Å²) in [5.41, 5.74) is -0.626. The van der Waals surface area contributed by atoms with Gasteiger partial charge in [-0.2, -0.15) is 11.8 Å². The van der Waals surface area contributed by atoms with Crippen molar-refractivity contribution < 1.29 is 5.11 Å². The van der Waals surface area contributed by atoms with Crippen molar-refractivity contribution in [3.8, 4) is 0 Å². The van der Waals surface area contributed by atoms with Crippen molar-refractivity contribution in [2.45, 2.75) is 26.0 Å². The van der Waals surface area contributed by atoms with E-state index < -0.39 is 5.60 Å². The smallest absolute Gasteiger partial charge is 0.0897 e. The first-order valence-corrected chi connectivity index (χ1v) is 7.08. The second-order valence-corrected chi connectivity index (χ2v) is 6.06. The van der Waals surface area contributed by atoms with Gasteiger partial charge in [-0.3, -0.25) is 0 Å². The molecular weight excluding hydrogens is 228 g/mol. The summed E-state index contributed by atoms with van der Waals surface area (Å²) in [6, 6.07) is 0. The molecule has 1 rings (SSSR count). The first-order chi connectivity index (χ1) is 7.03. The highest BCUT2D eigenvalue weighted by molar-refractivity contribution is 7.98. The molecule has 0 aliphatic heterocycles. The van der Waals surface area contributed by atoms with Gasteiger partial charge in [-0.15, -0.1) is 11.3 Å². The second-order valence-electron chi connectivity index (χ2n) is 3.88. The molecule has 1 atom stereocenters. The minimum Gasteiger partial charge on any atom is -0.388 e. The van der Waals surface area contributed by atoms with Gasteiger partial charge in [-0.1, -0.05) is 0 Å². The molecule has 1 heterocycles. The van der Waals surface area contributed by atoms with Crippen LogP contribution in [-0.4, -0.2) is 34.2 Å². The summed E-state index contributed by atoms with van der Waals surface area (Å²) in [5, 5.41) is 14.2. The quantitative estimate of drug-likeness (QED) is 0.801. The van der Waals surface area contributed by atoms with Crippen molar-refractivity contribution in [1.82, 2.24) is 10.3 Å². The molecular formula is C10H18N2OS2. The molecule has 15 heavy (non-hydrogen) atoms. The Hall–Kier alpha value is -0.100. The van der Waals surface area contributed by atoms with Crippen LogP contribution < -0.4 is 5.32 Å². The number of thiazole rings is 1. The van der Waals surface area contributed by atoms with Crippen molar-refractivity contribution in [3.05, 3.63) is 16.1 Å². The fourth-order valence-electron chi connectivity index (χ4n) is 1.30. The molecule has 1 unspecified atom stereocenters. The summed E-state index contributed by atoms with van der Waals surface area (Å²) >= 11 is 3.35. The number of thioether (sulfide) groups is 1. The number of aryl methyl sites for hydroxylation is 1. The van der Waals surface area contributed by atoms with Gasteiger partial charge in [0, 0.05) is 29.9 Å². The Labute approximate surface area is 99.3 Å². The van der Waals surface area contributed by atoms with Crippen molar-refractivity contribution in [1.29, 1.82) is 0 Å². The van der Waals surface area contributed by atoms with Crippen LogP contribution in [0.15, 0.2) is 6.20 Å². The molecule has 0 aliphatic carbocycles. The summed E-state index contributed by atoms with van der Waals surface area (Å²) in [6.45, 7) is 5.26. The Morgan fingerprint density at radius 2 is 2.40 bits per heavy atom. The Bertz CT molecular complexity index is 299. The molecule has 0 amide bonds. The van der Waals surface area contributed by atoms with E-state index in [0.29, 0.717) is 6.54 Å². The van der Waals surface area contributed by atoms with Gasteiger partial charge in [0.15, 0.2) is 0 Å². The summed E-state index contributed by atoms with van der Waals surface area (Å²) < 4.78 is 0. The maximum absolute atomic E-state index is 9.90. The lowest BCUT2D eigenvalue weighted by molar-refractivity contribution is 0.0846. The van der Waals surface area contributed by atoms with Gasteiger partial charge in [0.05, 0.1) is 10.6 Å². The van der Waals surface area contributed by atoms with Crippen LogP contribution in [-0.2, 0) is 6.54 Å². The molecule has 0 aromatic carbocycles. The molecule has 0 spiro atoms. The molecule has 0 radical (unpaired) electrons. The van der Waals surface area contributed by atoms with E-state index in [1.807, 2.05) is 26.3 Å². The third-order valence-corrected chi connectivity index (χ3v) is 3.75. The predicted molar refractivity (Wildman–Crippen MR) is 67.6 cm³/mol. The van der Waals surface area contributed by atoms with Crippen LogP contribution in [0.1, 0.15) is 16.8 Å². The lowest BCUT2D eigenvalue weighted by Crippen LogP contribution is -2.39. The number of hydrogen-bond acceptors (Lipinski definition) is 5. The fraction of sp³-hybridized carbons (Fsp3) is 0.700. The fourth-order valence-corrected chi connectivity index (χ4v) is 2.79. The summed E-state index contributed by atoms with van der Waals surface area (Å²) in [6.07, 6.45) is 3.89. The van der Waals surface area contributed by atoms with Gasteiger partial charge in [0.2, 0.25) is 0 Å². The van der Waals surface area contributed by atoms with Gasteiger partial charge in [0.25, 0.3) is 0 Å². The Balaban J connectivity index is 2.27. The highest BCUT2D eigenvalue weighted by Gasteiger charge is 2.18. The SMILES string of the molecule is CSCC(C)(O)CNCc1cnc(C)s1. The van der Waals surface area contributed by atoms with Crippen molar-refractivity contribution >= 4 is 23.1 Å². The Morgan fingerprint density at radius 1 is 1.67 bits per heavy atom. The number of rotatable bonds is 6. The molecule has 0 bridgehead atoms. The van der Waals surface area contributed by atoms with E-state index in [-0.39, 0.29) is 0 Å². The highest BCUT2D eigenvalue weighted by atomic mass is 32.2. The molecule has 0 saturated heterocycles. The standard InChI is InChI=1S/C10H18N2OS2/c1-8-12-5-9(15-8)4-11-6-10(2,13)7-14-3/h5,11,13H,4,6-7H2,1-3H3. The zero-order valence-corrected chi connectivity index (χ0v) is 11.0. The maximum Gasteiger partial charge on any atom is 0.0897 e. The first kappa shape index (κ1) is 13.0. The van der Waals surface area contributed by atoms with Crippen LogP contribution in [0.2, 0.25) is 0 Å². The van der Waals surface area contributed by atoms with E-state index in [1.165, 1.54) is 4.88 Å². The normalized spacial score (nSPS) is 15.2. The average Bonchev–Trinajstić information content (AvgIpc) is 2.51. The van der Waals surface area contributed by atoms with Crippen LogP contribution in [0.4, 0.5) is 0 Å². The number of nitrogens with one attached hydrogen (secondary N) is 1. The number of aliphatic hydroxyl groups is 1. The van der Waals surface area contributed by atoms with Crippen LogP contribution in [0, 0.1) is 6.92 Å². The monoisotopic (exact) mass is 246 g/mol. The van der Waals surface area contributed by atoms with E-state index in [2.05, 4.69) is 10.3 Å². The largest absolute Gasteiger partial charge is 0.388 e. The number of nitrogens with zero attached hydrogens (tertiary/aromatic N) is 1. The van der Waals surface area contributed by atoms with Gasteiger partial charge in [-0.25, -0.2) is 4.98 Å². The summed E-state index contributed by atoms with van der Waals surface area (Å²) in [5.74, 6) is 0.752. The van der Waals surface area contributed by atoms with Crippen LogP contribution in [0.5, 0.6) is 0 Å². The topological polar surface area (TPSA) is 45.1 Å². The van der Waals surface area contributed by atoms with E-state index in [4.69, 9.17) is 0 Å². The lowest BCUT2D eigenvalue weighted by Gasteiger charge is -2.22. The number of hydrogen-bond donors (Lipinski definition) is 2. The summed E-state index contributed by atoms with van der Waals surface area (Å²) in [4.78, 5) is 5.40. The zero-order chi connectivity index (χ0) is 11.3. The van der Waals surface area contributed by atoms with E-state index in [1.54, 1.807) is 23.1 Å². The van der Waals surface area contributed by atoms with Gasteiger partial charge < -0.3 is 10.4 Å². The molecule has 1 aromatic heterocycles.